The molecule has 2 amide bonds. The highest BCUT2D eigenvalue weighted by Crippen LogP contribution is 2.40. The van der Waals surface area contributed by atoms with Crippen LogP contribution in [0, 0.1) is 11.8 Å². The van der Waals surface area contributed by atoms with Gasteiger partial charge in [-0.05, 0) is 24.7 Å². The Bertz CT molecular complexity index is 256. The third kappa shape index (κ3) is 1.51. The van der Waals surface area contributed by atoms with E-state index >= 15 is 0 Å². The maximum atomic E-state index is 11.7. The molecule has 0 spiro atoms. The molecule has 14 heavy (non-hydrogen) atoms. The number of nitrogens with zero attached hydrogens (tertiary/aromatic N) is 2. The number of carbonyl (C=O) groups is 1. The van der Waals surface area contributed by atoms with Crippen LogP contribution < -0.4 is 0 Å². The Balaban J connectivity index is 1.97. The largest absolute Gasteiger partial charge is 0.331 e. The molecule has 0 aromatic rings. The summed E-state index contributed by atoms with van der Waals surface area (Å²) >= 11 is 0. The van der Waals surface area contributed by atoms with Gasteiger partial charge in [0.2, 0.25) is 0 Å². The number of carbonyl (C=O) groups excluding carboxylic acids is 1. The van der Waals surface area contributed by atoms with Crippen molar-refractivity contribution in [1.82, 2.24) is 9.80 Å². The molecular weight excluding hydrogens is 176 g/mol. The van der Waals surface area contributed by atoms with Gasteiger partial charge in [0.15, 0.2) is 0 Å². The lowest BCUT2D eigenvalue weighted by atomic mass is 10.0. The summed E-state index contributed by atoms with van der Waals surface area (Å²) in [5.41, 5.74) is 1.37. The van der Waals surface area contributed by atoms with Crippen molar-refractivity contribution in [2.45, 2.75) is 12.8 Å². The van der Waals surface area contributed by atoms with Gasteiger partial charge in [0.05, 0.1) is 0 Å². The molecule has 2 aliphatic rings. The summed E-state index contributed by atoms with van der Waals surface area (Å²) in [6.45, 7) is 5.89. The van der Waals surface area contributed by atoms with Gasteiger partial charge in [-0.15, -0.1) is 0 Å². The number of rotatable bonds is 0. The van der Waals surface area contributed by atoms with Gasteiger partial charge in [0, 0.05) is 27.2 Å². The van der Waals surface area contributed by atoms with Gasteiger partial charge in [-0.2, -0.15) is 0 Å². The van der Waals surface area contributed by atoms with E-state index in [1.807, 2.05) is 19.0 Å². The standard InChI is InChI=1S/C11H18N2O/c1-8-4-9-6-13(7-10(9)5-8)11(14)12(2)3/h9-10H,1,4-7H2,2-3H3. The smallest absolute Gasteiger partial charge is 0.319 e. The Labute approximate surface area is 85.4 Å². The highest BCUT2D eigenvalue weighted by atomic mass is 16.2. The molecular formula is C11H18N2O. The molecule has 1 saturated heterocycles. The highest BCUT2D eigenvalue weighted by Gasteiger charge is 2.39. The van der Waals surface area contributed by atoms with Crippen LogP contribution in [0.25, 0.3) is 0 Å². The van der Waals surface area contributed by atoms with Gasteiger partial charge in [0.25, 0.3) is 0 Å². The van der Waals surface area contributed by atoms with Gasteiger partial charge < -0.3 is 9.80 Å². The number of fused-ring (bicyclic) bond motifs is 1. The van der Waals surface area contributed by atoms with Gasteiger partial charge in [-0.25, -0.2) is 4.79 Å². The predicted octanol–water partition coefficient (Wildman–Crippen LogP) is 1.57. The van der Waals surface area contributed by atoms with E-state index in [-0.39, 0.29) is 6.03 Å². The lowest BCUT2D eigenvalue weighted by Crippen LogP contribution is -2.38. The van der Waals surface area contributed by atoms with Crippen molar-refractivity contribution in [1.29, 1.82) is 0 Å². The minimum atomic E-state index is 0.157. The summed E-state index contributed by atoms with van der Waals surface area (Å²) < 4.78 is 0. The first-order chi connectivity index (χ1) is 6.58. The lowest BCUT2D eigenvalue weighted by molar-refractivity contribution is 0.178. The Hall–Kier alpha value is -0.990. The van der Waals surface area contributed by atoms with Crippen LogP contribution in [0.3, 0.4) is 0 Å². The van der Waals surface area contributed by atoms with E-state index in [0.29, 0.717) is 11.8 Å². The van der Waals surface area contributed by atoms with Crippen molar-refractivity contribution in [2.24, 2.45) is 11.8 Å². The zero-order valence-electron chi connectivity index (χ0n) is 8.99. The molecule has 78 valence electrons. The van der Waals surface area contributed by atoms with E-state index in [4.69, 9.17) is 0 Å². The quantitative estimate of drug-likeness (QED) is 0.537. The molecule has 0 aromatic carbocycles. The summed E-state index contributed by atoms with van der Waals surface area (Å²) in [7, 11) is 3.63. The summed E-state index contributed by atoms with van der Waals surface area (Å²) in [4.78, 5) is 15.3. The van der Waals surface area contributed by atoms with Gasteiger partial charge in [-0.1, -0.05) is 12.2 Å². The van der Waals surface area contributed by atoms with Crippen LogP contribution in [0.5, 0.6) is 0 Å². The fraction of sp³-hybridized carbons (Fsp3) is 0.727. The number of likely N-dealkylation sites (tertiary alicyclic amines) is 1. The zero-order chi connectivity index (χ0) is 10.3. The number of hydrogen-bond donors (Lipinski definition) is 0. The highest BCUT2D eigenvalue weighted by molar-refractivity contribution is 5.74. The van der Waals surface area contributed by atoms with Crippen LogP contribution in [0.2, 0.25) is 0 Å². The van der Waals surface area contributed by atoms with Crippen LogP contribution in [-0.4, -0.2) is 43.0 Å². The maximum Gasteiger partial charge on any atom is 0.319 e. The monoisotopic (exact) mass is 194 g/mol. The average molecular weight is 194 g/mol. The van der Waals surface area contributed by atoms with E-state index in [1.54, 1.807) is 4.90 Å². The van der Waals surface area contributed by atoms with Crippen LogP contribution >= 0.6 is 0 Å². The van der Waals surface area contributed by atoms with E-state index in [1.165, 1.54) is 5.57 Å². The van der Waals surface area contributed by atoms with Crippen molar-refractivity contribution < 1.29 is 4.79 Å². The molecule has 0 radical (unpaired) electrons. The summed E-state index contributed by atoms with van der Waals surface area (Å²) in [6, 6.07) is 0.157. The molecule has 2 fully saturated rings. The Kier molecular flexibility index (Phi) is 2.25. The van der Waals surface area contributed by atoms with Crippen molar-refractivity contribution in [2.75, 3.05) is 27.2 Å². The molecule has 3 heteroatoms. The van der Waals surface area contributed by atoms with Crippen molar-refractivity contribution in [3.8, 4) is 0 Å². The number of allylic oxidation sites excluding steroid dienone is 1. The van der Waals surface area contributed by atoms with Crippen LogP contribution in [0.4, 0.5) is 4.79 Å². The molecule has 0 aromatic heterocycles. The third-order valence-electron chi connectivity index (χ3n) is 3.33. The predicted molar refractivity (Wildman–Crippen MR) is 56.0 cm³/mol. The van der Waals surface area contributed by atoms with Crippen molar-refractivity contribution in [3.63, 3.8) is 0 Å². The molecule has 3 nitrogen and oxygen atoms in total. The van der Waals surface area contributed by atoms with E-state index in [9.17, 15) is 4.79 Å². The molecule has 2 unspecified atom stereocenters. The first-order valence-electron chi connectivity index (χ1n) is 5.21. The Morgan fingerprint density at radius 3 is 2.29 bits per heavy atom. The fourth-order valence-corrected chi connectivity index (χ4v) is 2.67. The number of hydrogen-bond acceptors (Lipinski definition) is 1. The first kappa shape index (κ1) is 9.56. The molecule has 1 aliphatic carbocycles. The van der Waals surface area contributed by atoms with Crippen LogP contribution in [0.1, 0.15) is 12.8 Å². The minimum absolute atomic E-state index is 0.157. The molecule has 1 saturated carbocycles. The van der Waals surface area contributed by atoms with E-state index < -0.39 is 0 Å². The summed E-state index contributed by atoms with van der Waals surface area (Å²) in [6.07, 6.45) is 2.25. The summed E-state index contributed by atoms with van der Waals surface area (Å²) in [5, 5.41) is 0. The molecule has 1 heterocycles. The normalized spacial score (nSPS) is 30.7. The summed E-state index contributed by atoms with van der Waals surface area (Å²) in [5.74, 6) is 1.37. The Morgan fingerprint density at radius 2 is 1.86 bits per heavy atom. The Morgan fingerprint density at radius 1 is 1.36 bits per heavy atom. The van der Waals surface area contributed by atoms with Gasteiger partial charge >= 0.3 is 6.03 Å². The minimum Gasteiger partial charge on any atom is -0.331 e. The molecule has 2 rings (SSSR count). The number of amides is 2. The van der Waals surface area contributed by atoms with E-state index in [0.717, 1.165) is 25.9 Å². The topological polar surface area (TPSA) is 23.6 Å². The maximum absolute atomic E-state index is 11.7. The van der Waals surface area contributed by atoms with Crippen LogP contribution in [0.15, 0.2) is 12.2 Å². The second-order valence-electron chi connectivity index (χ2n) is 4.76. The second kappa shape index (κ2) is 3.30. The van der Waals surface area contributed by atoms with Crippen LogP contribution in [-0.2, 0) is 0 Å². The fourth-order valence-electron chi connectivity index (χ4n) is 2.67. The molecule has 0 bridgehead atoms. The van der Waals surface area contributed by atoms with Gasteiger partial charge in [-0.3, -0.25) is 0 Å². The molecule has 2 atom stereocenters. The van der Waals surface area contributed by atoms with Crippen molar-refractivity contribution in [3.05, 3.63) is 12.2 Å². The average Bonchev–Trinajstić information content (AvgIpc) is 2.59. The number of urea groups is 1. The zero-order valence-corrected chi connectivity index (χ0v) is 8.99. The van der Waals surface area contributed by atoms with Gasteiger partial charge in [0.1, 0.15) is 0 Å². The molecule has 1 aliphatic heterocycles. The second-order valence-corrected chi connectivity index (χ2v) is 4.76. The third-order valence-corrected chi connectivity index (χ3v) is 3.33. The van der Waals surface area contributed by atoms with Crippen molar-refractivity contribution >= 4 is 6.03 Å². The SMILES string of the molecule is C=C1CC2CN(C(=O)N(C)C)CC2C1. The van der Waals surface area contributed by atoms with E-state index in [2.05, 4.69) is 6.58 Å². The molecule has 0 N–H and O–H groups in total. The first-order valence-corrected chi connectivity index (χ1v) is 5.21. The lowest BCUT2D eigenvalue weighted by Gasteiger charge is -2.22.